The van der Waals surface area contributed by atoms with Crippen LogP contribution in [0.15, 0.2) is 18.2 Å². The molecule has 0 bridgehead atoms. The summed E-state index contributed by atoms with van der Waals surface area (Å²) in [5, 5.41) is 9.80. The molecule has 0 radical (unpaired) electrons. The van der Waals surface area contributed by atoms with Gasteiger partial charge in [0.15, 0.2) is 11.6 Å². The average molecular weight is 303 g/mol. The van der Waals surface area contributed by atoms with E-state index in [1.807, 2.05) is 0 Å². The number of aliphatic hydroxyl groups is 1. The lowest BCUT2D eigenvalue weighted by Crippen LogP contribution is -2.45. The highest BCUT2D eigenvalue weighted by molar-refractivity contribution is 5.29. The summed E-state index contributed by atoms with van der Waals surface area (Å²) < 4.78 is 42.0. The molecule has 21 heavy (non-hydrogen) atoms. The molecule has 1 N–H and O–H groups in total. The van der Waals surface area contributed by atoms with E-state index in [-0.39, 0.29) is 6.04 Å². The number of aliphatic hydroxyl groups excluding tert-OH is 1. The van der Waals surface area contributed by atoms with Gasteiger partial charge in [0.25, 0.3) is 0 Å². The average Bonchev–Trinajstić information content (AvgIpc) is 2.42. The maximum atomic E-state index is 13.7. The van der Waals surface area contributed by atoms with E-state index in [0.29, 0.717) is 12.1 Å². The smallest absolute Gasteiger partial charge is 0.387 e. The van der Waals surface area contributed by atoms with E-state index in [0.717, 1.165) is 25.8 Å². The number of rotatable bonds is 5. The van der Waals surface area contributed by atoms with E-state index in [9.17, 15) is 18.3 Å². The van der Waals surface area contributed by atoms with E-state index in [1.165, 1.54) is 12.1 Å². The molecule has 2 unspecified atom stereocenters. The Hall–Kier alpha value is -1.27. The third kappa shape index (κ3) is 4.35. The molecule has 1 aliphatic rings. The fourth-order valence-electron chi connectivity index (χ4n) is 2.83. The molecule has 0 saturated carbocycles. The van der Waals surface area contributed by atoms with Crippen LogP contribution in [0.4, 0.5) is 13.2 Å². The van der Waals surface area contributed by atoms with Gasteiger partial charge in [0.2, 0.25) is 0 Å². The molecule has 1 aromatic rings. The lowest BCUT2D eigenvalue weighted by atomic mass is 9.97. The van der Waals surface area contributed by atoms with Crippen LogP contribution in [0.3, 0.4) is 0 Å². The van der Waals surface area contributed by atoms with E-state index in [4.69, 9.17) is 0 Å². The number of nitrogens with zero attached hydrogens (tertiary/aromatic N) is 1. The highest BCUT2D eigenvalue weighted by Gasteiger charge is 2.26. The summed E-state index contributed by atoms with van der Waals surface area (Å²) in [6.07, 6.45) is 2.57. The van der Waals surface area contributed by atoms with Crippen molar-refractivity contribution in [3.05, 3.63) is 29.6 Å². The number of ether oxygens (including phenoxy) is 1. The number of alkyl halides is 2. The highest BCUT2D eigenvalue weighted by Crippen LogP contribution is 2.25. The third-order valence-corrected chi connectivity index (χ3v) is 3.82. The van der Waals surface area contributed by atoms with Crippen LogP contribution in [0.25, 0.3) is 0 Å². The molecule has 3 nitrogen and oxygen atoms in total. The van der Waals surface area contributed by atoms with Crippen molar-refractivity contribution < 1.29 is 23.0 Å². The first-order valence-electron chi connectivity index (χ1n) is 7.12. The van der Waals surface area contributed by atoms with Crippen molar-refractivity contribution in [1.29, 1.82) is 0 Å². The van der Waals surface area contributed by atoms with Crippen molar-refractivity contribution in [2.75, 3.05) is 6.54 Å². The molecular weight excluding hydrogens is 283 g/mol. The van der Waals surface area contributed by atoms with Crippen molar-refractivity contribution in [2.24, 2.45) is 0 Å². The summed E-state index contributed by atoms with van der Waals surface area (Å²) in [6, 6.07) is 4.07. The van der Waals surface area contributed by atoms with Gasteiger partial charge in [-0.1, -0.05) is 12.5 Å². The molecule has 6 heteroatoms. The maximum Gasteiger partial charge on any atom is 0.387 e. The van der Waals surface area contributed by atoms with Gasteiger partial charge in [-0.3, -0.25) is 4.90 Å². The fourth-order valence-corrected chi connectivity index (χ4v) is 2.83. The Balaban J connectivity index is 2.06. The predicted molar refractivity (Wildman–Crippen MR) is 72.8 cm³/mol. The Morgan fingerprint density at radius 1 is 1.38 bits per heavy atom. The Bertz CT molecular complexity index is 468. The Labute approximate surface area is 122 Å². The molecule has 1 aliphatic heterocycles. The Morgan fingerprint density at radius 3 is 2.76 bits per heavy atom. The second-order valence-corrected chi connectivity index (χ2v) is 5.42. The van der Waals surface area contributed by atoms with Crippen LogP contribution in [-0.2, 0) is 6.54 Å². The van der Waals surface area contributed by atoms with Gasteiger partial charge in [-0.05, 0) is 44.0 Å². The first kappa shape index (κ1) is 16.1. The molecule has 2 atom stereocenters. The molecular formula is C15H20F3NO2. The minimum atomic E-state index is -3.04. The molecule has 118 valence electrons. The highest BCUT2D eigenvalue weighted by atomic mass is 19.3. The number of benzene rings is 1. The van der Waals surface area contributed by atoms with Crippen LogP contribution in [0.1, 0.15) is 31.7 Å². The molecule has 0 aromatic heterocycles. The number of piperidine rings is 1. The van der Waals surface area contributed by atoms with Gasteiger partial charge in [0, 0.05) is 12.6 Å². The van der Waals surface area contributed by atoms with Crippen LogP contribution in [0, 0.1) is 5.82 Å². The molecule has 1 fully saturated rings. The topological polar surface area (TPSA) is 32.7 Å². The standard InChI is InChI=1S/C15H20F3NO2/c1-10(20)13-4-2-3-7-19(13)9-11-5-6-14(12(16)8-11)21-15(17)18/h5-6,8,10,13,15,20H,2-4,7,9H2,1H3. The van der Waals surface area contributed by atoms with Gasteiger partial charge < -0.3 is 9.84 Å². The van der Waals surface area contributed by atoms with Gasteiger partial charge in [-0.15, -0.1) is 0 Å². The molecule has 0 amide bonds. The summed E-state index contributed by atoms with van der Waals surface area (Å²) in [6.45, 7) is 0.0453. The SMILES string of the molecule is CC(O)C1CCCCN1Cc1ccc(OC(F)F)c(F)c1. The summed E-state index contributed by atoms with van der Waals surface area (Å²) in [7, 11) is 0. The van der Waals surface area contributed by atoms with E-state index < -0.39 is 24.3 Å². The Morgan fingerprint density at radius 2 is 2.14 bits per heavy atom. The lowest BCUT2D eigenvalue weighted by molar-refractivity contribution is -0.0522. The zero-order valence-corrected chi connectivity index (χ0v) is 11.9. The van der Waals surface area contributed by atoms with Gasteiger partial charge >= 0.3 is 6.61 Å². The van der Waals surface area contributed by atoms with Gasteiger partial charge in [-0.2, -0.15) is 8.78 Å². The van der Waals surface area contributed by atoms with Crippen LogP contribution in [0.5, 0.6) is 5.75 Å². The number of hydrogen-bond donors (Lipinski definition) is 1. The summed E-state index contributed by atoms with van der Waals surface area (Å²) >= 11 is 0. The first-order chi connectivity index (χ1) is 9.97. The lowest BCUT2D eigenvalue weighted by Gasteiger charge is -2.37. The summed E-state index contributed by atoms with van der Waals surface area (Å²) in [5.74, 6) is -1.24. The first-order valence-corrected chi connectivity index (χ1v) is 7.12. The number of hydrogen-bond acceptors (Lipinski definition) is 3. The van der Waals surface area contributed by atoms with Crippen molar-refractivity contribution in [1.82, 2.24) is 4.90 Å². The summed E-state index contributed by atoms with van der Waals surface area (Å²) in [5.41, 5.74) is 0.682. The maximum absolute atomic E-state index is 13.7. The Kier molecular flexibility index (Phi) is 5.47. The number of likely N-dealkylation sites (tertiary alicyclic amines) is 1. The van der Waals surface area contributed by atoms with Crippen LogP contribution in [0.2, 0.25) is 0 Å². The van der Waals surface area contributed by atoms with Crippen LogP contribution >= 0.6 is 0 Å². The largest absolute Gasteiger partial charge is 0.432 e. The number of halogens is 3. The monoisotopic (exact) mass is 303 g/mol. The van der Waals surface area contributed by atoms with Crippen molar-refractivity contribution in [3.63, 3.8) is 0 Å². The van der Waals surface area contributed by atoms with Crippen molar-refractivity contribution in [3.8, 4) is 5.75 Å². The quantitative estimate of drug-likeness (QED) is 0.907. The molecule has 0 spiro atoms. The molecule has 2 rings (SSSR count). The predicted octanol–water partition coefficient (Wildman–Crippen LogP) is 3.16. The van der Waals surface area contributed by atoms with Crippen LogP contribution in [-0.4, -0.2) is 35.3 Å². The molecule has 1 saturated heterocycles. The minimum absolute atomic E-state index is 0.0544. The summed E-state index contributed by atoms with van der Waals surface area (Å²) in [4.78, 5) is 2.11. The molecule has 0 aliphatic carbocycles. The molecule has 1 heterocycles. The minimum Gasteiger partial charge on any atom is -0.432 e. The van der Waals surface area contributed by atoms with E-state index in [2.05, 4.69) is 9.64 Å². The van der Waals surface area contributed by atoms with E-state index in [1.54, 1.807) is 13.0 Å². The zero-order chi connectivity index (χ0) is 15.4. The van der Waals surface area contributed by atoms with Crippen molar-refractivity contribution >= 4 is 0 Å². The normalized spacial score (nSPS) is 21.5. The van der Waals surface area contributed by atoms with Gasteiger partial charge in [0.05, 0.1) is 6.10 Å². The van der Waals surface area contributed by atoms with Crippen LogP contribution < -0.4 is 4.74 Å². The van der Waals surface area contributed by atoms with Crippen molar-refractivity contribution in [2.45, 2.75) is 51.5 Å². The van der Waals surface area contributed by atoms with Gasteiger partial charge in [-0.25, -0.2) is 4.39 Å². The van der Waals surface area contributed by atoms with Gasteiger partial charge in [0.1, 0.15) is 0 Å². The second-order valence-electron chi connectivity index (χ2n) is 5.42. The fraction of sp³-hybridized carbons (Fsp3) is 0.600. The molecule has 1 aromatic carbocycles. The zero-order valence-electron chi connectivity index (χ0n) is 11.9. The third-order valence-electron chi connectivity index (χ3n) is 3.82. The second kappa shape index (κ2) is 7.13. The van der Waals surface area contributed by atoms with E-state index >= 15 is 0 Å².